The molecule has 0 saturated carbocycles. The SMILES string of the molecule is COC(=O)CCOCCOCCOCCCCCCOc1cccc(CN)c1. The molecule has 0 unspecified atom stereocenters. The standard InChI is InChI=1S/C21H35NO6/c1-24-21(23)9-12-26-14-16-27-15-13-25-10-4-2-3-5-11-28-20-8-6-7-19(17-20)18-22/h6-8,17H,2-5,9-16,18,22H2,1H3. The van der Waals surface area contributed by atoms with Gasteiger partial charge in [0, 0.05) is 13.2 Å². The molecule has 0 aromatic heterocycles. The largest absolute Gasteiger partial charge is 0.494 e. The molecule has 0 atom stereocenters. The van der Waals surface area contributed by atoms with Gasteiger partial charge in [-0.05, 0) is 37.0 Å². The lowest BCUT2D eigenvalue weighted by Crippen LogP contribution is -2.12. The first-order valence-electron chi connectivity index (χ1n) is 9.98. The van der Waals surface area contributed by atoms with Crippen LogP contribution in [0.25, 0.3) is 0 Å². The number of unbranched alkanes of at least 4 members (excludes halogenated alkanes) is 3. The lowest BCUT2D eigenvalue weighted by Gasteiger charge is -2.08. The second-order valence-electron chi connectivity index (χ2n) is 6.28. The molecule has 0 fully saturated rings. The third-order valence-electron chi connectivity index (χ3n) is 4.01. The van der Waals surface area contributed by atoms with Crippen LogP contribution in [0, 0.1) is 0 Å². The molecule has 0 radical (unpaired) electrons. The molecule has 0 spiro atoms. The highest BCUT2D eigenvalue weighted by Crippen LogP contribution is 2.13. The van der Waals surface area contributed by atoms with Gasteiger partial charge in [-0.1, -0.05) is 18.6 Å². The first-order chi connectivity index (χ1) is 13.8. The molecule has 160 valence electrons. The minimum Gasteiger partial charge on any atom is -0.494 e. The van der Waals surface area contributed by atoms with E-state index in [0.29, 0.717) is 39.6 Å². The van der Waals surface area contributed by atoms with Crippen LogP contribution >= 0.6 is 0 Å². The normalized spacial score (nSPS) is 10.8. The number of carbonyl (C=O) groups excluding carboxylic acids is 1. The molecule has 0 amide bonds. The van der Waals surface area contributed by atoms with Crippen molar-refractivity contribution in [2.24, 2.45) is 5.73 Å². The number of nitrogens with two attached hydrogens (primary N) is 1. The number of carbonyl (C=O) groups is 1. The summed E-state index contributed by atoms with van der Waals surface area (Å²) in [5.74, 6) is 0.624. The van der Waals surface area contributed by atoms with Gasteiger partial charge in [-0.15, -0.1) is 0 Å². The zero-order valence-electron chi connectivity index (χ0n) is 17.0. The summed E-state index contributed by atoms with van der Waals surface area (Å²) in [6, 6.07) is 7.92. The molecule has 1 rings (SSSR count). The third-order valence-corrected chi connectivity index (χ3v) is 4.01. The minimum absolute atomic E-state index is 0.265. The Morgan fingerprint density at radius 3 is 2.18 bits per heavy atom. The van der Waals surface area contributed by atoms with Gasteiger partial charge < -0.3 is 29.4 Å². The van der Waals surface area contributed by atoms with E-state index in [1.165, 1.54) is 7.11 Å². The Morgan fingerprint density at radius 2 is 1.50 bits per heavy atom. The summed E-state index contributed by atoms with van der Waals surface area (Å²) in [6.07, 6.45) is 4.60. The highest BCUT2D eigenvalue weighted by Gasteiger charge is 1.99. The predicted octanol–water partition coefficient (Wildman–Crippen LogP) is 2.70. The van der Waals surface area contributed by atoms with Gasteiger partial charge in [-0.3, -0.25) is 4.79 Å². The lowest BCUT2D eigenvalue weighted by molar-refractivity contribution is -0.141. The van der Waals surface area contributed by atoms with Gasteiger partial charge in [-0.25, -0.2) is 0 Å². The van der Waals surface area contributed by atoms with E-state index in [-0.39, 0.29) is 12.4 Å². The van der Waals surface area contributed by atoms with Crippen LogP contribution in [0.15, 0.2) is 24.3 Å². The summed E-state index contributed by atoms with van der Waals surface area (Å²) in [5, 5.41) is 0. The molecule has 28 heavy (non-hydrogen) atoms. The summed E-state index contributed by atoms with van der Waals surface area (Å²) in [4.78, 5) is 10.9. The summed E-state index contributed by atoms with van der Waals surface area (Å²) in [6.45, 7) is 4.47. The monoisotopic (exact) mass is 397 g/mol. The average Bonchev–Trinajstić information content (AvgIpc) is 2.73. The molecule has 7 heteroatoms. The molecule has 0 aliphatic rings. The number of rotatable bonds is 18. The van der Waals surface area contributed by atoms with E-state index in [9.17, 15) is 4.79 Å². The Hall–Kier alpha value is -1.67. The fourth-order valence-corrected chi connectivity index (χ4v) is 2.41. The zero-order chi connectivity index (χ0) is 20.3. The molecule has 2 N–H and O–H groups in total. The van der Waals surface area contributed by atoms with E-state index in [0.717, 1.165) is 50.2 Å². The molecular weight excluding hydrogens is 362 g/mol. The van der Waals surface area contributed by atoms with E-state index in [2.05, 4.69) is 4.74 Å². The van der Waals surface area contributed by atoms with Crippen molar-refractivity contribution in [3.8, 4) is 5.75 Å². The van der Waals surface area contributed by atoms with E-state index in [4.69, 9.17) is 24.7 Å². The summed E-state index contributed by atoms with van der Waals surface area (Å²) in [7, 11) is 1.37. The van der Waals surface area contributed by atoms with Crippen LogP contribution in [0.3, 0.4) is 0 Å². The maximum absolute atomic E-state index is 10.9. The van der Waals surface area contributed by atoms with E-state index >= 15 is 0 Å². The smallest absolute Gasteiger partial charge is 0.307 e. The van der Waals surface area contributed by atoms with Crippen molar-refractivity contribution >= 4 is 5.97 Å². The van der Waals surface area contributed by atoms with Crippen molar-refractivity contribution in [3.63, 3.8) is 0 Å². The topological polar surface area (TPSA) is 89.2 Å². The number of benzene rings is 1. The Balaban J connectivity index is 1.78. The number of hydrogen-bond acceptors (Lipinski definition) is 7. The van der Waals surface area contributed by atoms with Crippen LogP contribution < -0.4 is 10.5 Å². The van der Waals surface area contributed by atoms with Crippen molar-refractivity contribution in [2.75, 3.05) is 53.4 Å². The van der Waals surface area contributed by atoms with Crippen molar-refractivity contribution in [1.82, 2.24) is 0 Å². The van der Waals surface area contributed by atoms with Crippen LogP contribution in [-0.2, 0) is 30.3 Å². The van der Waals surface area contributed by atoms with Crippen molar-refractivity contribution < 1.29 is 28.5 Å². The molecule has 0 heterocycles. The summed E-state index contributed by atoms with van der Waals surface area (Å²) >= 11 is 0. The van der Waals surface area contributed by atoms with Crippen LogP contribution in [0.4, 0.5) is 0 Å². The Kier molecular flexibility index (Phi) is 15.2. The number of methoxy groups -OCH3 is 1. The van der Waals surface area contributed by atoms with Crippen LogP contribution in [0.5, 0.6) is 5.75 Å². The van der Waals surface area contributed by atoms with Gasteiger partial charge in [0.15, 0.2) is 0 Å². The molecule has 0 bridgehead atoms. The fraction of sp³-hybridized carbons (Fsp3) is 0.667. The minimum atomic E-state index is -0.265. The summed E-state index contributed by atoms with van der Waals surface area (Å²) < 4.78 is 26.4. The Morgan fingerprint density at radius 1 is 0.857 bits per heavy atom. The quantitative estimate of drug-likeness (QED) is 0.301. The molecule has 1 aromatic carbocycles. The second kappa shape index (κ2) is 17.4. The van der Waals surface area contributed by atoms with E-state index in [1.54, 1.807) is 0 Å². The number of ether oxygens (including phenoxy) is 5. The molecule has 1 aromatic rings. The van der Waals surface area contributed by atoms with Gasteiger partial charge >= 0.3 is 5.97 Å². The number of esters is 1. The molecule has 0 saturated heterocycles. The second-order valence-corrected chi connectivity index (χ2v) is 6.28. The fourth-order valence-electron chi connectivity index (χ4n) is 2.41. The highest BCUT2D eigenvalue weighted by atomic mass is 16.5. The molecular formula is C21H35NO6. The maximum atomic E-state index is 10.9. The molecule has 0 aliphatic heterocycles. The first kappa shape index (κ1) is 24.4. The zero-order valence-corrected chi connectivity index (χ0v) is 17.0. The van der Waals surface area contributed by atoms with E-state index in [1.807, 2.05) is 24.3 Å². The van der Waals surface area contributed by atoms with Crippen LogP contribution in [-0.4, -0.2) is 59.3 Å². The Labute approximate surface area is 168 Å². The van der Waals surface area contributed by atoms with Crippen molar-refractivity contribution in [2.45, 2.75) is 38.6 Å². The summed E-state index contributed by atoms with van der Waals surface area (Å²) in [5.41, 5.74) is 6.71. The molecule has 7 nitrogen and oxygen atoms in total. The number of hydrogen-bond donors (Lipinski definition) is 1. The third kappa shape index (κ3) is 13.5. The van der Waals surface area contributed by atoms with Crippen molar-refractivity contribution in [3.05, 3.63) is 29.8 Å². The van der Waals surface area contributed by atoms with Crippen molar-refractivity contribution in [1.29, 1.82) is 0 Å². The Bertz CT molecular complexity index is 511. The molecule has 0 aliphatic carbocycles. The van der Waals surface area contributed by atoms with Crippen LogP contribution in [0.1, 0.15) is 37.7 Å². The van der Waals surface area contributed by atoms with Gasteiger partial charge in [0.05, 0.1) is 53.2 Å². The van der Waals surface area contributed by atoms with Gasteiger partial charge in [-0.2, -0.15) is 0 Å². The van der Waals surface area contributed by atoms with Gasteiger partial charge in [0.1, 0.15) is 5.75 Å². The highest BCUT2D eigenvalue weighted by molar-refractivity contribution is 5.69. The van der Waals surface area contributed by atoms with Crippen LogP contribution in [0.2, 0.25) is 0 Å². The lowest BCUT2D eigenvalue weighted by atomic mass is 10.2. The maximum Gasteiger partial charge on any atom is 0.307 e. The predicted molar refractivity (Wildman–Crippen MR) is 107 cm³/mol. The van der Waals surface area contributed by atoms with E-state index < -0.39 is 0 Å². The average molecular weight is 398 g/mol. The van der Waals surface area contributed by atoms with Gasteiger partial charge in [0.2, 0.25) is 0 Å². The first-order valence-corrected chi connectivity index (χ1v) is 9.98. The van der Waals surface area contributed by atoms with Gasteiger partial charge in [0.25, 0.3) is 0 Å².